The fourth-order valence-corrected chi connectivity index (χ4v) is 3.99. The average Bonchev–Trinajstić information content (AvgIpc) is 3.41. The smallest absolute Gasteiger partial charge is 0.416 e. The first-order valence-electron chi connectivity index (χ1n) is 9.13. The van der Waals surface area contributed by atoms with Gasteiger partial charge < -0.3 is 8.98 Å². The Kier molecular flexibility index (Phi) is 5.10. The van der Waals surface area contributed by atoms with Crippen LogP contribution in [0.3, 0.4) is 0 Å². The van der Waals surface area contributed by atoms with Crippen molar-refractivity contribution in [3.63, 3.8) is 0 Å². The molecule has 0 saturated heterocycles. The number of thiazole rings is 1. The Labute approximate surface area is 173 Å². The summed E-state index contributed by atoms with van der Waals surface area (Å²) in [5.74, 6) is 0.306. The van der Waals surface area contributed by atoms with Gasteiger partial charge in [-0.2, -0.15) is 13.2 Å². The zero-order chi connectivity index (χ0) is 21.5. The molecule has 0 spiro atoms. The van der Waals surface area contributed by atoms with Crippen LogP contribution in [0.25, 0.3) is 11.0 Å². The van der Waals surface area contributed by atoms with E-state index in [4.69, 9.17) is 4.42 Å². The van der Waals surface area contributed by atoms with E-state index in [0.717, 1.165) is 17.1 Å². The van der Waals surface area contributed by atoms with Crippen LogP contribution in [-0.2, 0) is 19.1 Å². The number of carbonyl (C=O) groups excluding carboxylic acids is 1. The molecule has 0 aliphatic rings. The van der Waals surface area contributed by atoms with Gasteiger partial charge >= 0.3 is 6.18 Å². The summed E-state index contributed by atoms with van der Waals surface area (Å²) in [5.41, 5.74) is 0.371. The topological polar surface area (TPSA) is 73.0 Å². The lowest BCUT2D eigenvalue weighted by Gasteiger charge is -2.09. The van der Waals surface area contributed by atoms with E-state index in [1.807, 2.05) is 6.92 Å². The molecule has 3 aromatic heterocycles. The maximum Gasteiger partial charge on any atom is 0.416 e. The van der Waals surface area contributed by atoms with Gasteiger partial charge in [0, 0.05) is 0 Å². The van der Waals surface area contributed by atoms with E-state index in [-0.39, 0.29) is 18.0 Å². The number of furan rings is 1. The predicted octanol–water partition coefficient (Wildman–Crippen LogP) is 5.28. The third-order valence-corrected chi connectivity index (χ3v) is 5.85. The van der Waals surface area contributed by atoms with Gasteiger partial charge in [0.05, 0.1) is 40.1 Å². The monoisotopic (exact) mass is 434 g/mol. The van der Waals surface area contributed by atoms with Gasteiger partial charge in [0.1, 0.15) is 10.6 Å². The molecular formula is C20H17F3N4O2S. The summed E-state index contributed by atoms with van der Waals surface area (Å²) >= 11 is 1.28. The largest absolute Gasteiger partial charge is 0.467 e. The van der Waals surface area contributed by atoms with E-state index in [1.165, 1.54) is 23.7 Å². The standard InChI is InChI=1S/C20H17F3N4O2S/c1-3-16-24-11(2)17(30-16)18(28)26-19-25-14-9-12(20(21,22)23)6-7-15(14)27(19)10-13-5-4-8-29-13/h4-9H,3,10H2,1-2H3,(H,25,26,28). The quantitative estimate of drug-likeness (QED) is 0.464. The van der Waals surface area contributed by atoms with Crippen LogP contribution in [0.2, 0.25) is 0 Å². The van der Waals surface area contributed by atoms with E-state index in [0.29, 0.717) is 28.3 Å². The van der Waals surface area contributed by atoms with Crippen molar-refractivity contribution in [3.05, 3.63) is 63.5 Å². The minimum atomic E-state index is -4.49. The summed E-state index contributed by atoms with van der Waals surface area (Å²) in [6.45, 7) is 3.89. The van der Waals surface area contributed by atoms with Crippen molar-refractivity contribution in [1.29, 1.82) is 0 Å². The molecule has 4 aromatic rings. The lowest BCUT2D eigenvalue weighted by atomic mass is 10.2. The number of nitrogens with zero attached hydrogens (tertiary/aromatic N) is 3. The predicted molar refractivity (Wildman–Crippen MR) is 107 cm³/mol. The summed E-state index contributed by atoms with van der Waals surface area (Å²) < 4.78 is 46.3. The first-order valence-corrected chi connectivity index (χ1v) is 9.95. The fourth-order valence-electron chi connectivity index (χ4n) is 3.09. The van der Waals surface area contributed by atoms with Gasteiger partial charge in [-0.25, -0.2) is 9.97 Å². The van der Waals surface area contributed by atoms with Crippen molar-refractivity contribution in [1.82, 2.24) is 14.5 Å². The van der Waals surface area contributed by atoms with Crippen LogP contribution in [0, 0.1) is 6.92 Å². The molecule has 0 radical (unpaired) electrons. The molecule has 0 atom stereocenters. The molecule has 4 rings (SSSR count). The second-order valence-electron chi connectivity index (χ2n) is 6.63. The maximum atomic E-state index is 13.1. The van der Waals surface area contributed by atoms with E-state index in [2.05, 4.69) is 15.3 Å². The Morgan fingerprint density at radius 1 is 1.27 bits per heavy atom. The van der Waals surface area contributed by atoms with Gasteiger partial charge in [-0.3, -0.25) is 10.1 Å². The molecule has 0 aliphatic carbocycles. The summed E-state index contributed by atoms with van der Waals surface area (Å²) in [5, 5.41) is 3.56. The van der Waals surface area contributed by atoms with Gasteiger partial charge in [0.25, 0.3) is 5.91 Å². The van der Waals surface area contributed by atoms with E-state index < -0.39 is 17.6 Å². The molecule has 156 valence electrons. The lowest BCUT2D eigenvalue weighted by Crippen LogP contribution is -2.16. The lowest BCUT2D eigenvalue weighted by molar-refractivity contribution is -0.137. The van der Waals surface area contributed by atoms with Crippen LogP contribution >= 0.6 is 11.3 Å². The number of amides is 1. The van der Waals surface area contributed by atoms with Crippen LogP contribution in [0.4, 0.5) is 19.1 Å². The van der Waals surface area contributed by atoms with Crippen molar-refractivity contribution in [2.24, 2.45) is 0 Å². The van der Waals surface area contributed by atoms with Crippen molar-refractivity contribution < 1.29 is 22.4 Å². The van der Waals surface area contributed by atoms with Gasteiger partial charge in [-0.15, -0.1) is 11.3 Å². The van der Waals surface area contributed by atoms with Crippen LogP contribution in [-0.4, -0.2) is 20.4 Å². The van der Waals surface area contributed by atoms with E-state index >= 15 is 0 Å². The van der Waals surface area contributed by atoms with Crippen molar-refractivity contribution in [2.45, 2.75) is 33.0 Å². The highest BCUT2D eigenvalue weighted by Gasteiger charge is 2.31. The van der Waals surface area contributed by atoms with Gasteiger partial charge in [-0.1, -0.05) is 6.92 Å². The molecule has 10 heteroatoms. The molecule has 0 saturated carbocycles. The van der Waals surface area contributed by atoms with E-state index in [9.17, 15) is 18.0 Å². The summed E-state index contributed by atoms with van der Waals surface area (Å²) in [7, 11) is 0. The fraction of sp³-hybridized carbons (Fsp3) is 0.250. The Bertz CT molecular complexity index is 1210. The first kappa shape index (κ1) is 20.1. The van der Waals surface area contributed by atoms with Crippen LogP contribution in [0.15, 0.2) is 41.0 Å². The minimum Gasteiger partial charge on any atom is -0.467 e. The number of rotatable bonds is 5. The van der Waals surface area contributed by atoms with Crippen molar-refractivity contribution in [2.75, 3.05) is 5.32 Å². The number of fused-ring (bicyclic) bond motifs is 1. The molecule has 1 N–H and O–H groups in total. The molecule has 0 unspecified atom stereocenters. The molecule has 0 aliphatic heterocycles. The molecular weight excluding hydrogens is 417 g/mol. The highest BCUT2D eigenvalue weighted by molar-refractivity contribution is 7.13. The number of alkyl halides is 3. The molecule has 1 amide bonds. The average molecular weight is 434 g/mol. The number of anilines is 1. The second kappa shape index (κ2) is 7.60. The van der Waals surface area contributed by atoms with Gasteiger partial charge in [-0.05, 0) is 43.7 Å². The number of nitrogens with one attached hydrogen (secondary N) is 1. The number of hydrogen-bond acceptors (Lipinski definition) is 5. The Morgan fingerprint density at radius 3 is 2.70 bits per heavy atom. The number of carbonyl (C=O) groups is 1. The number of aromatic nitrogens is 3. The van der Waals surface area contributed by atoms with Crippen molar-refractivity contribution >= 4 is 34.2 Å². The molecule has 0 bridgehead atoms. The third kappa shape index (κ3) is 3.82. The van der Waals surface area contributed by atoms with Gasteiger partial charge in [0.2, 0.25) is 5.95 Å². The maximum absolute atomic E-state index is 13.1. The number of imidazole rings is 1. The second-order valence-corrected chi connectivity index (χ2v) is 7.72. The molecule has 30 heavy (non-hydrogen) atoms. The summed E-state index contributed by atoms with van der Waals surface area (Å²) in [4.78, 5) is 21.9. The number of halogens is 3. The van der Waals surface area contributed by atoms with E-state index in [1.54, 1.807) is 23.6 Å². The molecule has 0 fully saturated rings. The zero-order valence-electron chi connectivity index (χ0n) is 16.1. The highest BCUT2D eigenvalue weighted by Crippen LogP contribution is 2.32. The van der Waals surface area contributed by atoms with Gasteiger partial charge in [0.15, 0.2) is 0 Å². The molecule has 1 aromatic carbocycles. The normalized spacial score (nSPS) is 11.9. The number of benzene rings is 1. The molecule has 3 heterocycles. The number of hydrogen-bond donors (Lipinski definition) is 1. The highest BCUT2D eigenvalue weighted by atomic mass is 32.1. The Balaban J connectivity index is 1.76. The zero-order valence-corrected chi connectivity index (χ0v) is 16.9. The van der Waals surface area contributed by atoms with Crippen LogP contribution in [0.1, 0.15) is 38.6 Å². The Morgan fingerprint density at radius 2 is 2.07 bits per heavy atom. The SMILES string of the molecule is CCc1nc(C)c(C(=O)Nc2nc3cc(C(F)(F)F)ccc3n2Cc2ccco2)s1. The van der Waals surface area contributed by atoms with Crippen LogP contribution in [0.5, 0.6) is 0 Å². The number of aryl methyl sites for hydroxylation is 2. The Hall–Kier alpha value is -3.14. The first-order chi connectivity index (χ1) is 14.3. The summed E-state index contributed by atoms with van der Waals surface area (Å²) in [6, 6.07) is 6.76. The van der Waals surface area contributed by atoms with Crippen molar-refractivity contribution in [3.8, 4) is 0 Å². The van der Waals surface area contributed by atoms with Crippen LogP contribution < -0.4 is 5.32 Å². The summed E-state index contributed by atoms with van der Waals surface area (Å²) in [6.07, 6.45) is -2.28. The minimum absolute atomic E-state index is 0.127. The molecule has 6 nitrogen and oxygen atoms in total. The third-order valence-electron chi connectivity index (χ3n) is 4.54.